The van der Waals surface area contributed by atoms with E-state index in [0.717, 1.165) is 5.69 Å². The molecule has 1 aromatic heterocycles. The Hall–Kier alpha value is -1.26. The van der Waals surface area contributed by atoms with E-state index in [0.29, 0.717) is 5.56 Å². The zero-order valence-corrected chi connectivity index (χ0v) is 10.4. The van der Waals surface area contributed by atoms with Crippen LogP contribution in [0.3, 0.4) is 0 Å². The first-order valence-electron chi connectivity index (χ1n) is 5.27. The number of hydrogen-bond donors (Lipinski definition) is 0. The Labute approximate surface area is 98.8 Å². The van der Waals surface area contributed by atoms with Gasteiger partial charge >= 0.3 is 6.18 Å². The van der Waals surface area contributed by atoms with Gasteiger partial charge in [0.1, 0.15) is 5.75 Å². The highest BCUT2D eigenvalue weighted by Gasteiger charge is 2.29. The Morgan fingerprint density at radius 3 is 2.29 bits per heavy atom. The monoisotopic (exact) mass is 247 g/mol. The van der Waals surface area contributed by atoms with E-state index in [4.69, 9.17) is 4.74 Å². The molecular weight excluding hydrogens is 231 g/mol. The van der Waals surface area contributed by atoms with Crippen molar-refractivity contribution in [3.8, 4) is 5.75 Å². The Balaban J connectivity index is 2.96. The summed E-state index contributed by atoms with van der Waals surface area (Å²) in [6.07, 6.45) is -2.85. The van der Waals surface area contributed by atoms with Gasteiger partial charge in [-0.05, 0) is 13.0 Å². The summed E-state index contributed by atoms with van der Waals surface area (Å²) in [6, 6.07) is 1.45. The Morgan fingerprint density at radius 2 is 1.82 bits per heavy atom. The summed E-state index contributed by atoms with van der Waals surface area (Å²) in [6.45, 7) is 6.31. The molecule has 5 heteroatoms. The average Bonchev–Trinajstić information content (AvgIpc) is 2.13. The summed E-state index contributed by atoms with van der Waals surface area (Å²) in [5.74, 6) is 0.238. The van der Waals surface area contributed by atoms with Gasteiger partial charge in [-0.15, -0.1) is 0 Å². The van der Waals surface area contributed by atoms with Crippen LogP contribution in [0.4, 0.5) is 13.2 Å². The maximum absolute atomic E-state index is 12.1. The first-order valence-corrected chi connectivity index (χ1v) is 5.27. The lowest BCUT2D eigenvalue weighted by Gasteiger charge is -2.22. The minimum atomic E-state index is -4.32. The van der Waals surface area contributed by atoms with E-state index >= 15 is 0 Å². The second-order valence-corrected chi connectivity index (χ2v) is 4.94. The zero-order valence-electron chi connectivity index (χ0n) is 10.4. The van der Waals surface area contributed by atoms with Gasteiger partial charge in [-0.1, -0.05) is 20.8 Å². The third-order valence-electron chi connectivity index (χ3n) is 2.26. The summed E-state index contributed by atoms with van der Waals surface area (Å²) >= 11 is 0. The van der Waals surface area contributed by atoms with Crippen LogP contribution in [0.2, 0.25) is 0 Å². The molecule has 1 aromatic rings. The molecule has 0 atom stereocenters. The van der Waals surface area contributed by atoms with Crippen molar-refractivity contribution in [2.24, 2.45) is 0 Å². The fourth-order valence-corrected chi connectivity index (χ4v) is 1.59. The molecule has 0 bridgehead atoms. The molecule has 0 amide bonds. The predicted octanol–water partition coefficient (Wildman–Crippen LogP) is 3.63. The van der Waals surface area contributed by atoms with Crippen LogP contribution in [0.15, 0.2) is 12.3 Å². The minimum absolute atomic E-state index is 0.221. The summed E-state index contributed by atoms with van der Waals surface area (Å²) < 4.78 is 41.0. The number of rotatable bonds is 2. The summed E-state index contributed by atoms with van der Waals surface area (Å²) in [7, 11) is 0. The van der Waals surface area contributed by atoms with Crippen molar-refractivity contribution in [3.05, 3.63) is 23.5 Å². The van der Waals surface area contributed by atoms with Crippen molar-refractivity contribution in [3.63, 3.8) is 0 Å². The molecule has 17 heavy (non-hydrogen) atoms. The molecule has 0 unspecified atom stereocenters. The Kier molecular flexibility index (Phi) is 3.69. The molecule has 1 heterocycles. The molecule has 0 N–H and O–H groups in total. The number of halogens is 3. The van der Waals surface area contributed by atoms with E-state index in [1.807, 2.05) is 20.8 Å². The fraction of sp³-hybridized carbons (Fsp3) is 0.583. The van der Waals surface area contributed by atoms with Gasteiger partial charge in [0.05, 0.1) is 5.69 Å². The number of hydrogen-bond acceptors (Lipinski definition) is 2. The molecule has 0 saturated heterocycles. The second kappa shape index (κ2) is 4.55. The third-order valence-corrected chi connectivity index (χ3v) is 2.26. The van der Waals surface area contributed by atoms with Gasteiger partial charge < -0.3 is 4.74 Å². The van der Waals surface area contributed by atoms with E-state index in [9.17, 15) is 13.2 Å². The van der Waals surface area contributed by atoms with Gasteiger partial charge in [0.15, 0.2) is 6.61 Å². The average molecular weight is 247 g/mol. The van der Waals surface area contributed by atoms with Crippen LogP contribution in [0.5, 0.6) is 5.75 Å². The lowest BCUT2D eigenvalue weighted by molar-refractivity contribution is -0.153. The van der Waals surface area contributed by atoms with E-state index in [2.05, 4.69) is 4.98 Å². The van der Waals surface area contributed by atoms with Crippen molar-refractivity contribution < 1.29 is 17.9 Å². The van der Waals surface area contributed by atoms with Crippen molar-refractivity contribution in [1.82, 2.24) is 4.98 Å². The minimum Gasteiger partial charge on any atom is -0.484 e. The molecule has 0 fully saturated rings. The SMILES string of the molecule is Cc1c(OCC(F)(F)F)ccnc1C(C)(C)C. The van der Waals surface area contributed by atoms with Crippen molar-refractivity contribution >= 4 is 0 Å². The molecule has 0 aliphatic heterocycles. The van der Waals surface area contributed by atoms with Crippen molar-refractivity contribution in [2.45, 2.75) is 39.3 Å². The van der Waals surface area contributed by atoms with Gasteiger partial charge in [0, 0.05) is 17.2 Å². The van der Waals surface area contributed by atoms with Crippen LogP contribution in [0.1, 0.15) is 32.0 Å². The van der Waals surface area contributed by atoms with E-state index in [1.165, 1.54) is 12.3 Å². The van der Waals surface area contributed by atoms with Crippen molar-refractivity contribution in [1.29, 1.82) is 0 Å². The van der Waals surface area contributed by atoms with Gasteiger partial charge in [-0.3, -0.25) is 4.98 Å². The maximum atomic E-state index is 12.1. The molecule has 0 radical (unpaired) electrons. The standard InChI is InChI=1S/C12H16F3NO/c1-8-9(17-7-12(13,14)15)5-6-16-10(8)11(2,3)4/h5-6H,7H2,1-4H3. The molecular formula is C12H16F3NO. The van der Waals surface area contributed by atoms with Crippen molar-refractivity contribution in [2.75, 3.05) is 6.61 Å². The number of aromatic nitrogens is 1. The van der Waals surface area contributed by atoms with E-state index in [1.54, 1.807) is 6.92 Å². The van der Waals surface area contributed by atoms with Crippen LogP contribution < -0.4 is 4.74 Å². The van der Waals surface area contributed by atoms with E-state index in [-0.39, 0.29) is 11.2 Å². The zero-order chi connectivity index (χ0) is 13.3. The molecule has 96 valence electrons. The fourth-order valence-electron chi connectivity index (χ4n) is 1.59. The number of pyridine rings is 1. The van der Waals surface area contributed by atoms with Gasteiger partial charge in [0.25, 0.3) is 0 Å². The Morgan fingerprint density at radius 1 is 1.24 bits per heavy atom. The quantitative estimate of drug-likeness (QED) is 0.796. The maximum Gasteiger partial charge on any atom is 0.422 e. The smallest absolute Gasteiger partial charge is 0.422 e. The highest BCUT2D eigenvalue weighted by atomic mass is 19.4. The number of alkyl halides is 3. The van der Waals surface area contributed by atoms with Crippen LogP contribution in [-0.2, 0) is 5.41 Å². The lowest BCUT2D eigenvalue weighted by Crippen LogP contribution is -2.21. The summed E-state index contributed by atoms with van der Waals surface area (Å²) in [5, 5.41) is 0. The third kappa shape index (κ3) is 3.91. The predicted molar refractivity (Wildman–Crippen MR) is 59.2 cm³/mol. The topological polar surface area (TPSA) is 22.1 Å². The molecule has 0 aromatic carbocycles. The van der Waals surface area contributed by atoms with Gasteiger partial charge in [0.2, 0.25) is 0 Å². The first-order chi connectivity index (χ1) is 7.61. The van der Waals surface area contributed by atoms with E-state index < -0.39 is 12.8 Å². The van der Waals surface area contributed by atoms with Crippen LogP contribution in [0.25, 0.3) is 0 Å². The number of ether oxygens (including phenoxy) is 1. The molecule has 2 nitrogen and oxygen atoms in total. The number of nitrogens with zero attached hydrogens (tertiary/aromatic N) is 1. The summed E-state index contributed by atoms with van der Waals surface area (Å²) in [4.78, 5) is 4.19. The molecule has 0 aliphatic carbocycles. The highest BCUT2D eigenvalue weighted by molar-refractivity contribution is 5.37. The first kappa shape index (κ1) is 13.8. The summed E-state index contributed by atoms with van der Waals surface area (Å²) in [5.41, 5.74) is 1.18. The second-order valence-electron chi connectivity index (χ2n) is 4.94. The highest BCUT2D eigenvalue weighted by Crippen LogP contribution is 2.29. The van der Waals surface area contributed by atoms with Crippen LogP contribution in [0, 0.1) is 6.92 Å². The molecule has 0 aliphatic rings. The largest absolute Gasteiger partial charge is 0.484 e. The van der Waals surface area contributed by atoms with Gasteiger partial charge in [-0.25, -0.2) is 0 Å². The van der Waals surface area contributed by atoms with Crippen LogP contribution in [-0.4, -0.2) is 17.8 Å². The molecule has 0 saturated carbocycles. The van der Waals surface area contributed by atoms with Crippen LogP contribution >= 0.6 is 0 Å². The molecule has 1 rings (SSSR count). The molecule has 0 spiro atoms. The lowest BCUT2D eigenvalue weighted by atomic mass is 9.88. The Bertz CT molecular complexity index is 394. The van der Waals surface area contributed by atoms with Gasteiger partial charge in [-0.2, -0.15) is 13.2 Å². The normalized spacial score (nSPS) is 12.6.